The topological polar surface area (TPSA) is 69.6 Å². The molecule has 2 aromatic carbocycles. The van der Waals surface area contributed by atoms with Gasteiger partial charge in [-0.2, -0.15) is 5.10 Å². The second-order valence-corrected chi connectivity index (χ2v) is 9.46. The molecule has 2 aromatic rings. The maximum atomic E-state index is 12.7. The van der Waals surface area contributed by atoms with Crippen LogP contribution in [0.4, 0.5) is 10.5 Å². The van der Waals surface area contributed by atoms with Crippen molar-refractivity contribution in [2.45, 2.75) is 38.3 Å². The van der Waals surface area contributed by atoms with Crippen molar-refractivity contribution in [3.8, 4) is 11.5 Å². The van der Waals surface area contributed by atoms with E-state index >= 15 is 0 Å². The molecule has 2 aliphatic rings. The van der Waals surface area contributed by atoms with E-state index in [2.05, 4.69) is 53.5 Å². The highest BCUT2D eigenvalue weighted by molar-refractivity contribution is 6.14. The van der Waals surface area contributed by atoms with E-state index in [-0.39, 0.29) is 12.1 Å². The first-order valence-corrected chi connectivity index (χ1v) is 12.2. The number of nitrogens with zero attached hydrogens (tertiary/aromatic N) is 4. The van der Waals surface area contributed by atoms with E-state index in [4.69, 9.17) is 14.6 Å². The van der Waals surface area contributed by atoms with Crippen LogP contribution in [0.15, 0.2) is 41.5 Å². The summed E-state index contributed by atoms with van der Waals surface area (Å²) in [7, 11) is 9.25. The predicted octanol–water partition coefficient (Wildman–Crippen LogP) is 3.57. The second kappa shape index (κ2) is 10.6. The minimum absolute atomic E-state index is 0.126. The Morgan fingerprint density at radius 3 is 2.31 bits per heavy atom. The Morgan fingerprint density at radius 2 is 1.71 bits per heavy atom. The SMILES string of the molecule is CNC(=O)N1N=C(c2ccc(N(C)C3CCN(C)CC3)cc2)c2cc(OC)c(OC)cc2CC1C. The first kappa shape index (κ1) is 24.9. The molecule has 0 aromatic heterocycles. The molecule has 0 spiro atoms. The molecule has 1 fully saturated rings. The molecule has 1 N–H and O–H groups in total. The average molecular weight is 480 g/mol. The molecule has 0 radical (unpaired) electrons. The molecule has 2 aliphatic heterocycles. The highest BCUT2D eigenvalue weighted by Gasteiger charge is 2.28. The van der Waals surface area contributed by atoms with Crippen LogP contribution >= 0.6 is 0 Å². The van der Waals surface area contributed by atoms with Gasteiger partial charge in [0.05, 0.1) is 26.0 Å². The lowest BCUT2D eigenvalue weighted by Crippen LogP contribution is -2.42. The predicted molar refractivity (Wildman–Crippen MR) is 140 cm³/mol. The summed E-state index contributed by atoms with van der Waals surface area (Å²) in [5.74, 6) is 1.31. The minimum Gasteiger partial charge on any atom is -0.493 e. The van der Waals surface area contributed by atoms with Crippen LogP contribution in [0.5, 0.6) is 11.5 Å². The van der Waals surface area contributed by atoms with E-state index in [1.807, 2.05) is 19.1 Å². The molecule has 0 saturated carbocycles. The smallest absolute Gasteiger partial charge is 0.337 e. The molecule has 1 unspecified atom stereocenters. The van der Waals surface area contributed by atoms with Crippen LogP contribution in [0.1, 0.15) is 36.5 Å². The monoisotopic (exact) mass is 479 g/mol. The lowest BCUT2D eigenvalue weighted by atomic mass is 9.93. The fourth-order valence-electron chi connectivity index (χ4n) is 5.00. The Morgan fingerprint density at radius 1 is 1.09 bits per heavy atom. The fraction of sp³-hybridized carbons (Fsp3) is 0.481. The number of rotatable bonds is 5. The number of piperidine rings is 1. The average Bonchev–Trinajstić information content (AvgIpc) is 3.03. The molecular formula is C27H37N5O3. The van der Waals surface area contributed by atoms with Gasteiger partial charge >= 0.3 is 6.03 Å². The van der Waals surface area contributed by atoms with Gasteiger partial charge in [-0.05, 0) is 76.2 Å². The number of anilines is 1. The van der Waals surface area contributed by atoms with Gasteiger partial charge < -0.3 is 24.6 Å². The number of urea groups is 1. The van der Waals surface area contributed by atoms with Crippen LogP contribution < -0.4 is 19.7 Å². The Balaban J connectivity index is 1.73. The van der Waals surface area contributed by atoms with Crippen molar-refractivity contribution in [2.24, 2.45) is 5.10 Å². The number of ether oxygens (including phenoxy) is 2. The lowest BCUT2D eigenvalue weighted by molar-refractivity contribution is 0.184. The number of fused-ring (bicyclic) bond motifs is 1. The van der Waals surface area contributed by atoms with Crippen molar-refractivity contribution >= 4 is 17.4 Å². The van der Waals surface area contributed by atoms with Gasteiger partial charge in [0.25, 0.3) is 0 Å². The van der Waals surface area contributed by atoms with Crippen LogP contribution in [0.2, 0.25) is 0 Å². The molecule has 35 heavy (non-hydrogen) atoms. The Bertz CT molecular complexity index is 1080. The summed E-state index contributed by atoms with van der Waals surface area (Å²) in [5.41, 5.74) is 4.87. The number of hydrogen-bond donors (Lipinski definition) is 1. The van der Waals surface area contributed by atoms with Gasteiger partial charge in [-0.25, -0.2) is 9.80 Å². The summed E-state index contributed by atoms with van der Waals surface area (Å²) in [6.07, 6.45) is 2.97. The van der Waals surface area contributed by atoms with Gasteiger partial charge in [-0.15, -0.1) is 0 Å². The van der Waals surface area contributed by atoms with E-state index in [9.17, 15) is 4.79 Å². The highest BCUT2D eigenvalue weighted by Crippen LogP contribution is 2.35. The summed E-state index contributed by atoms with van der Waals surface area (Å²) in [5, 5.41) is 9.12. The van der Waals surface area contributed by atoms with Crippen molar-refractivity contribution in [1.82, 2.24) is 15.2 Å². The van der Waals surface area contributed by atoms with Crippen molar-refractivity contribution in [3.63, 3.8) is 0 Å². The molecule has 0 aliphatic carbocycles. The van der Waals surface area contributed by atoms with E-state index < -0.39 is 0 Å². The maximum Gasteiger partial charge on any atom is 0.337 e. The summed E-state index contributed by atoms with van der Waals surface area (Å²) < 4.78 is 11.1. The first-order chi connectivity index (χ1) is 16.9. The third-order valence-corrected chi connectivity index (χ3v) is 7.21. The fourth-order valence-corrected chi connectivity index (χ4v) is 5.00. The molecule has 1 saturated heterocycles. The molecule has 0 bridgehead atoms. The van der Waals surface area contributed by atoms with E-state index in [0.717, 1.165) is 48.3 Å². The van der Waals surface area contributed by atoms with Crippen LogP contribution in [0, 0.1) is 0 Å². The minimum atomic E-state index is -0.236. The number of likely N-dealkylation sites (tertiary alicyclic amines) is 1. The van der Waals surface area contributed by atoms with E-state index in [1.54, 1.807) is 21.3 Å². The first-order valence-electron chi connectivity index (χ1n) is 12.2. The Labute approximate surface area is 208 Å². The van der Waals surface area contributed by atoms with Crippen LogP contribution in [0.25, 0.3) is 0 Å². The van der Waals surface area contributed by atoms with E-state index in [1.165, 1.54) is 10.7 Å². The van der Waals surface area contributed by atoms with Crippen LogP contribution in [-0.4, -0.2) is 82.2 Å². The van der Waals surface area contributed by atoms with Gasteiger partial charge in [-0.1, -0.05) is 12.1 Å². The zero-order chi connectivity index (χ0) is 25.1. The van der Waals surface area contributed by atoms with Crippen LogP contribution in [0.3, 0.4) is 0 Å². The van der Waals surface area contributed by atoms with Crippen molar-refractivity contribution in [1.29, 1.82) is 0 Å². The zero-order valence-corrected chi connectivity index (χ0v) is 21.7. The lowest BCUT2D eigenvalue weighted by Gasteiger charge is -2.36. The number of carbonyl (C=O) groups excluding carboxylic acids is 1. The third-order valence-electron chi connectivity index (χ3n) is 7.21. The summed E-state index contributed by atoms with van der Waals surface area (Å²) in [6, 6.07) is 12.6. The number of amides is 2. The number of methoxy groups -OCH3 is 2. The standard InChI is InChI=1S/C27H37N5O3/c1-18-15-20-16-24(34-5)25(35-6)17-23(20)26(29-32(18)27(33)28-2)19-7-9-21(10-8-19)31(4)22-11-13-30(3)14-12-22/h7-10,16-18,22H,11-15H2,1-6H3,(H,28,33). The summed E-state index contributed by atoms with van der Waals surface area (Å²) in [4.78, 5) is 17.5. The van der Waals surface area contributed by atoms with Gasteiger partial charge in [-0.3, -0.25) is 0 Å². The number of hydrazone groups is 1. The Kier molecular flexibility index (Phi) is 7.50. The summed E-state index contributed by atoms with van der Waals surface area (Å²) >= 11 is 0. The molecule has 4 rings (SSSR count). The molecule has 2 heterocycles. The molecule has 2 amide bonds. The third kappa shape index (κ3) is 5.07. The largest absolute Gasteiger partial charge is 0.493 e. The van der Waals surface area contributed by atoms with Gasteiger partial charge in [0.1, 0.15) is 0 Å². The van der Waals surface area contributed by atoms with Crippen molar-refractivity contribution < 1.29 is 14.3 Å². The number of hydrogen-bond acceptors (Lipinski definition) is 6. The molecule has 1 atom stereocenters. The quantitative estimate of drug-likeness (QED) is 0.710. The number of nitrogens with one attached hydrogen (secondary N) is 1. The molecule has 188 valence electrons. The van der Waals surface area contributed by atoms with Gasteiger partial charge in [0.15, 0.2) is 11.5 Å². The Hall–Kier alpha value is -3.26. The number of carbonyl (C=O) groups is 1. The highest BCUT2D eigenvalue weighted by atomic mass is 16.5. The maximum absolute atomic E-state index is 12.7. The van der Waals surface area contributed by atoms with Crippen molar-refractivity contribution in [2.75, 3.05) is 53.4 Å². The van der Waals surface area contributed by atoms with Crippen LogP contribution in [-0.2, 0) is 6.42 Å². The van der Waals surface area contributed by atoms with E-state index in [0.29, 0.717) is 24.0 Å². The second-order valence-electron chi connectivity index (χ2n) is 9.46. The molecule has 8 nitrogen and oxygen atoms in total. The van der Waals surface area contributed by atoms with Crippen molar-refractivity contribution in [3.05, 3.63) is 53.1 Å². The normalized spacial score (nSPS) is 18.9. The van der Waals surface area contributed by atoms with Gasteiger partial charge in [0.2, 0.25) is 0 Å². The molecule has 8 heteroatoms. The molecular weight excluding hydrogens is 442 g/mol. The number of benzene rings is 2. The summed E-state index contributed by atoms with van der Waals surface area (Å²) in [6.45, 7) is 4.25. The zero-order valence-electron chi connectivity index (χ0n) is 21.7. The van der Waals surface area contributed by atoms with Gasteiger partial charge in [0, 0.05) is 37.0 Å².